The lowest BCUT2D eigenvalue weighted by Gasteiger charge is -2.16. The number of hydrogen-bond acceptors (Lipinski definition) is 1. The van der Waals surface area contributed by atoms with Crippen molar-refractivity contribution < 1.29 is 4.79 Å². The van der Waals surface area contributed by atoms with Gasteiger partial charge in [-0.2, -0.15) is 0 Å². The summed E-state index contributed by atoms with van der Waals surface area (Å²) < 4.78 is 0.328. The van der Waals surface area contributed by atoms with Gasteiger partial charge in [-0.25, -0.2) is 0 Å². The minimum absolute atomic E-state index is 0.0613. The summed E-state index contributed by atoms with van der Waals surface area (Å²) in [5.41, 5.74) is 1.91. The number of anilines is 1. The molecule has 1 aromatic carbocycles. The number of nitrogens with one attached hydrogen (secondary N) is 1. The predicted molar refractivity (Wildman–Crippen MR) is 70.5 cm³/mol. The molecule has 4 heteroatoms. The molecule has 0 fully saturated rings. The molecule has 0 saturated heterocycles. The van der Waals surface area contributed by atoms with Gasteiger partial charge in [0.25, 0.3) is 0 Å². The molecule has 0 spiro atoms. The van der Waals surface area contributed by atoms with E-state index in [9.17, 15) is 4.79 Å². The molecule has 1 rings (SSSR count). The largest absolute Gasteiger partial charge is 0.324 e. The fourth-order valence-corrected chi connectivity index (χ4v) is 1.45. The Kier molecular flexibility index (Phi) is 3.95. The fraction of sp³-hybridized carbons (Fsp3) is 0.364. The summed E-state index contributed by atoms with van der Waals surface area (Å²) in [5.74, 6) is -0.0613. The SMILES string of the molecule is Cc1ccc(Br)c(NC(=O)C(C)(C)Br)c1. The maximum absolute atomic E-state index is 11.7. The highest BCUT2D eigenvalue weighted by molar-refractivity contribution is 9.10. The monoisotopic (exact) mass is 333 g/mol. The molecule has 1 N–H and O–H groups in total. The van der Waals surface area contributed by atoms with Crippen LogP contribution in [0.25, 0.3) is 0 Å². The zero-order valence-corrected chi connectivity index (χ0v) is 12.1. The predicted octanol–water partition coefficient (Wildman–Crippen LogP) is 3.87. The molecule has 0 aliphatic rings. The molecule has 0 radical (unpaired) electrons. The Balaban J connectivity index is 2.90. The summed E-state index contributed by atoms with van der Waals surface area (Å²) in [4.78, 5) is 11.7. The van der Waals surface area contributed by atoms with E-state index in [2.05, 4.69) is 37.2 Å². The van der Waals surface area contributed by atoms with E-state index in [0.717, 1.165) is 15.7 Å². The third-order valence-electron chi connectivity index (χ3n) is 1.91. The minimum atomic E-state index is -0.559. The highest BCUT2D eigenvalue weighted by atomic mass is 79.9. The maximum Gasteiger partial charge on any atom is 0.240 e. The number of halogens is 2. The molecule has 0 aliphatic heterocycles. The molecule has 0 heterocycles. The van der Waals surface area contributed by atoms with E-state index in [1.54, 1.807) is 0 Å². The summed E-state index contributed by atoms with van der Waals surface area (Å²) >= 11 is 6.71. The van der Waals surface area contributed by atoms with Crippen LogP contribution in [0.15, 0.2) is 22.7 Å². The third-order valence-corrected chi connectivity index (χ3v) is 2.96. The first-order chi connectivity index (χ1) is 6.80. The van der Waals surface area contributed by atoms with E-state index < -0.39 is 4.32 Å². The first-order valence-electron chi connectivity index (χ1n) is 4.57. The Labute approximate surface area is 107 Å². The number of hydrogen-bond donors (Lipinski definition) is 1. The summed E-state index contributed by atoms with van der Waals surface area (Å²) in [6.07, 6.45) is 0. The van der Waals surface area contributed by atoms with Crippen molar-refractivity contribution in [1.29, 1.82) is 0 Å². The van der Waals surface area contributed by atoms with Crippen LogP contribution in [0.2, 0.25) is 0 Å². The van der Waals surface area contributed by atoms with Gasteiger partial charge in [0.1, 0.15) is 0 Å². The molecule has 0 aromatic heterocycles. The van der Waals surface area contributed by atoms with Crippen LogP contribution in [0.5, 0.6) is 0 Å². The van der Waals surface area contributed by atoms with Gasteiger partial charge in [0.2, 0.25) is 5.91 Å². The number of alkyl halides is 1. The van der Waals surface area contributed by atoms with Crippen LogP contribution in [0.4, 0.5) is 5.69 Å². The second-order valence-electron chi connectivity index (χ2n) is 3.91. The second kappa shape index (κ2) is 4.66. The number of benzene rings is 1. The minimum Gasteiger partial charge on any atom is -0.324 e. The van der Waals surface area contributed by atoms with Crippen LogP contribution in [0, 0.1) is 6.92 Å². The first kappa shape index (κ1) is 12.7. The van der Waals surface area contributed by atoms with Gasteiger partial charge < -0.3 is 5.32 Å². The van der Waals surface area contributed by atoms with Crippen LogP contribution in [0.3, 0.4) is 0 Å². The highest BCUT2D eigenvalue weighted by Crippen LogP contribution is 2.26. The van der Waals surface area contributed by atoms with Gasteiger partial charge in [-0.15, -0.1) is 0 Å². The topological polar surface area (TPSA) is 29.1 Å². The lowest BCUT2D eigenvalue weighted by Crippen LogP contribution is -2.31. The van der Waals surface area contributed by atoms with Gasteiger partial charge in [-0.1, -0.05) is 22.0 Å². The quantitative estimate of drug-likeness (QED) is 0.817. The third kappa shape index (κ3) is 3.61. The Morgan fingerprint density at radius 3 is 2.53 bits per heavy atom. The summed E-state index contributed by atoms with van der Waals surface area (Å²) in [5, 5.41) is 2.86. The van der Waals surface area contributed by atoms with Crippen LogP contribution in [-0.2, 0) is 4.79 Å². The molecule has 0 unspecified atom stereocenters. The van der Waals surface area contributed by atoms with E-state index in [0.29, 0.717) is 0 Å². The van der Waals surface area contributed by atoms with Crippen molar-refractivity contribution in [2.45, 2.75) is 25.1 Å². The number of carbonyl (C=O) groups excluding carboxylic acids is 1. The molecular weight excluding hydrogens is 322 g/mol. The average molecular weight is 335 g/mol. The first-order valence-corrected chi connectivity index (χ1v) is 6.16. The van der Waals surface area contributed by atoms with Gasteiger partial charge in [-0.05, 0) is 54.4 Å². The molecule has 15 heavy (non-hydrogen) atoms. The average Bonchev–Trinajstić information content (AvgIpc) is 2.09. The Morgan fingerprint density at radius 2 is 2.00 bits per heavy atom. The highest BCUT2D eigenvalue weighted by Gasteiger charge is 2.23. The summed E-state index contributed by atoms with van der Waals surface area (Å²) in [6.45, 7) is 5.61. The molecule has 82 valence electrons. The van der Waals surface area contributed by atoms with E-state index in [1.807, 2.05) is 39.0 Å². The number of carbonyl (C=O) groups is 1. The van der Waals surface area contributed by atoms with Gasteiger partial charge in [0.15, 0.2) is 0 Å². The number of amides is 1. The summed E-state index contributed by atoms with van der Waals surface area (Å²) in [7, 11) is 0. The number of rotatable bonds is 2. The molecule has 0 atom stereocenters. The number of aryl methyl sites for hydroxylation is 1. The lowest BCUT2D eigenvalue weighted by molar-refractivity contribution is -0.117. The zero-order valence-electron chi connectivity index (χ0n) is 8.90. The Bertz CT molecular complexity index is 383. The van der Waals surface area contributed by atoms with Crippen LogP contribution in [-0.4, -0.2) is 10.2 Å². The van der Waals surface area contributed by atoms with E-state index >= 15 is 0 Å². The smallest absolute Gasteiger partial charge is 0.240 e. The maximum atomic E-state index is 11.7. The Hall–Kier alpha value is -0.350. The van der Waals surface area contributed by atoms with Crippen molar-refractivity contribution in [2.75, 3.05) is 5.32 Å². The van der Waals surface area contributed by atoms with Gasteiger partial charge in [0.05, 0.1) is 10.0 Å². The molecule has 0 bridgehead atoms. The van der Waals surface area contributed by atoms with Crippen molar-refractivity contribution in [2.24, 2.45) is 0 Å². The van der Waals surface area contributed by atoms with Crippen LogP contribution >= 0.6 is 31.9 Å². The fourth-order valence-electron chi connectivity index (χ4n) is 1.01. The summed E-state index contributed by atoms with van der Waals surface area (Å²) in [6, 6.07) is 5.84. The van der Waals surface area contributed by atoms with Crippen LogP contribution in [0.1, 0.15) is 19.4 Å². The van der Waals surface area contributed by atoms with Gasteiger partial charge in [-0.3, -0.25) is 4.79 Å². The van der Waals surface area contributed by atoms with Crippen molar-refractivity contribution in [3.8, 4) is 0 Å². The normalized spacial score (nSPS) is 11.3. The van der Waals surface area contributed by atoms with E-state index in [-0.39, 0.29) is 5.91 Å². The second-order valence-corrected chi connectivity index (χ2v) is 6.75. The molecule has 1 aromatic rings. The van der Waals surface area contributed by atoms with Crippen molar-refractivity contribution in [3.05, 3.63) is 28.2 Å². The van der Waals surface area contributed by atoms with E-state index in [1.165, 1.54) is 0 Å². The molecule has 0 aliphatic carbocycles. The van der Waals surface area contributed by atoms with Gasteiger partial charge >= 0.3 is 0 Å². The Morgan fingerprint density at radius 1 is 1.40 bits per heavy atom. The van der Waals surface area contributed by atoms with Crippen molar-refractivity contribution in [3.63, 3.8) is 0 Å². The lowest BCUT2D eigenvalue weighted by atomic mass is 10.2. The molecule has 1 amide bonds. The molecular formula is C11H13Br2NO. The molecule has 2 nitrogen and oxygen atoms in total. The van der Waals surface area contributed by atoms with Gasteiger partial charge in [0, 0.05) is 4.47 Å². The van der Waals surface area contributed by atoms with Crippen molar-refractivity contribution in [1.82, 2.24) is 0 Å². The van der Waals surface area contributed by atoms with Crippen molar-refractivity contribution >= 4 is 43.5 Å². The van der Waals surface area contributed by atoms with Crippen LogP contribution < -0.4 is 5.32 Å². The standard InChI is InChI=1S/C11H13Br2NO/c1-7-4-5-8(12)9(6-7)14-10(15)11(2,3)13/h4-6H,1-3H3,(H,14,15). The molecule has 0 saturated carbocycles. The zero-order chi connectivity index (χ0) is 11.6. The van der Waals surface area contributed by atoms with E-state index in [4.69, 9.17) is 0 Å².